The minimum Gasteiger partial charge on any atom is -0.309 e. The van der Waals surface area contributed by atoms with Gasteiger partial charge in [-0.3, -0.25) is 0 Å². The fourth-order valence-electron chi connectivity index (χ4n) is 9.57. The first kappa shape index (κ1) is 38.3. The largest absolute Gasteiger partial charge is 0.309 e. The molecule has 0 saturated heterocycles. The molecule has 0 aliphatic heterocycles. The molecular weight excluding hydrogens is 805 g/mol. The normalized spacial score (nSPS) is 11.3. The summed E-state index contributed by atoms with van der Waals surface area (Å²) in [6.45, 7) is 0. The van der Waals surface area contributed by atoms with Crippen LogP contribution in [-0.4, -0.2) is 19.1 Å². The van der Waals surface area contributed by atoms with E-state index in [1.165, 1.54) is 5.39 Å². The average Bonchev–Trinajstić information content (AvgIpc) is 3.89. The second-order valence-corrected chi connectivity index (χ2v) is 16.4. The van der Waals surface area contributed by atoms with Gasteiger partial charge in [0.15, 0.2) is 5.82 Å². The molecule has 9 aromatic carbocycles. The molecule has 0 atom stereocenters. The molecule has 0 unspecified atom stereocenters. The van der Waals surface area contributed by atoms with Gasteiger partial charge in [0.1, 0.15) is 0 Å². The lowest BCUT2D eigenvalue weighted by atomic mass is 9.90. The van der Waals surface area contributed by atoms with Crippen LogP contribution in [-0.2, 0) is 0 Å². The van der Waals surface area contributed by atoms with E-state index in [4.69, 9.17) is 9.97 Å². The van der Waals surface area contributed by atoms with Crippen molar-refractivity contribution in [1.29, 1.82) is 10.5 Å². The van der Waals surface area contributed by atoms with Crippen molar-refractivity contribution in [3.8, 4) is 79.7 Å². The number of hydrogen-bond acceptors (Lipinski definition) is 4. The van der Waals surface area contributed by atoms with E-state index < -0.39 is 0 Å². The van der Waals surface area contributed by atoms with E-state index in [-0.39, 0.29) is 0 Å². The fourth-order valence-corrected chi connectivity index (χ4v) is 9.57. The lowest BCUT2D eigenvalue weighted by Crippen LogP contribution is -2.03. The molecular formula is C60H36N6. The van der Waals surface area contributed by atoms with Gasteiger partial charge in [0.2, 0.25) is 0 Å². The van der Waals surface area contributed by atoms with Crippen LogP contribution in [0.2, 0.25) is 0 Å². The highest BCUT2D eigenvalue weighted by molar-refractivity contribution is 6.19. The summed E-state index contributed by atoms with van der Waals surface area (Å²) in [7, 11) is 0. The molecule has 0 radical (unpaired) electrons. The van der Waals surface area contributed by atoms with E-state index in [2.05, 4.69) is 155 Å². The summed E-state index contributed by atoms with van der Waals surface area (Å²) in [6.07, 6.45) is 0. The Labute approximate surface area is 380 Å². The van der Waals surface area contributed by atoms with Crippen molar-refractivity contribution in [2.75, 3.05) is 0 Å². The van der Waals surface area contributed by atoms with Crippen LogP contribution >= 0.6 is 0 Å². The van der Waals surface area contributed by atoms with E-state index >= 15 is 0 Å². The third-order valence-corrected chi connectivity index (χ3v) is 12.5. The lowest BCUT2D eigenvalue weighted by molar-refractivity contribution is 1.16. The smallest absolute Gasteiger partial charge is 0.160 e. The highest BCUT2D eigenvalue weighted by Gasteiger charge is 2.25. The van der Waals surface area contributed by atoms with Crippen LogP contribution in [0.4, 0.5) is 0 Å². The van der Waals surface area contributed by atoms with Crippen molar-refractivity contribution in [2.24, 2.45) is 0 Å². The molecule has 0 N–H and O–H groups in total. The van der Waals surface area contributed by atoms with E-state index in [9.17, 15) is 10.5 Å². The van der Waals surface area contributed by atoms with Crippen molar-refractivity contribution in [3.63, 3.8) is 0 Å². The summed E-state index contributed by atoms with van der Waals surface area (Å²) >= 11 is 0. The highest BCUT2D eigenvalue weighted by Crippen LogP contribution is 2.46. The van der Waals surface area contributed by atoms with Gasteiger partial charge in [-0.05, 0) is 90.0 Å². The second-order valence-electron chi connectivity index (χ2n) is 16.4. The number of para-hydroxylation sites is 3. The molecule has 0 aliphatic carbocycles. The summed E-state index contributed by atoms with van der Waals surface area (Å²) in [6, 6.07) is 79.6. The summed E-state index contributed by atoms with van der Waals surface area (Å²) in [5, 5.41) is 25.2. The molecule has 0 spiro atoms. The minimum atomic E-state index is 0.549. The molecule has 0 fully saturated rings. The fraction of sp³-hybridized carbons (Fsp3) is 0. The molecule has 306 valence electrons. The Balaban J connectivity index is 1.24. The van der Waals surface area contributed by atoms with Crippen LogP contribution < -0.4 is 0 Å². The number of aromatic nitrogens is 4. The number of fused-ring (bicyclic) bond motifs is 6. The van der Waals surface area contributed by atoms with Gasteiger partial charge >= 0.3 is 0 Å². The molecule has 12 rings (SSSR count). The van der Waals surface area contributed by atoms with E-state index in [1.54, 1.807) is 0 Å². The van der Waals surface area contributed by atoms with Gasteiger partial charge in [-0.1, -0.05) is 140 Å². The third-order valence-electron chi connectivity index (χ3n) is 12.5. The van der Waals surface area contributed by atoms with Gasteiger partial charge in [-0.15, -0.1) is 0 Å². The van der Waals surface area contributed by atoms with Crippen LogP contribution in [0.5, 0.6) is 0 Å². The van der Waals surface area contributed by atoms with Crippen LogP contribution in [0, 0.1) is 22.7 Å². The molecule has 0 aliphatic rings. The zero-order chi connectivity index (χ0) is 44.1. The van der Waals surface area contributed by atoms with Gasteiger partial charge < -0.3 is 9.13 Å². The van der Waals surface area contributed by atoms with Gasteiger partial charge in [0.05, 0.1) is 62.4 Å². The first-order chi connectivity index (χ1) is 32.6. The monoisotopic (exact) mass is 840 g/mol. The van der Waals surface area contributed by atoms with Crippen LogP contribution in [0.1, 0.15) is 11.1 Å². The van der Waals surface area contributed by atoms with E-state index in [1.807, 2.05) is 84.9 Å². The Morgan fingerprint density at radius 3 is 1.38 bits per heavy atom. The maximum absolute atomic E-state index is 10.3. The Morgan fingerprint density at radius 2 is 0.803 bits per heavy atom. The molecule has 0 amide bonds. The Kier molecular flexibility index (Phi) is 9.16. The average molecular weight is 841 g/mol. The maximum Gasteiger partial charge on any atom is 0.160 e. The van der Waals surface area contributed by atoms with Crippen LogP contribution in [0.3, 0.4) is 0 Å². The summed E-state index contributed by atoms with van der Waals surface area (Å²) in [4.78, 5) is 10.4. The Hall–Kier alpha value is -9.36. The zero-order valence-electron chi connectivity index (χ0n) is 35.5. The molecule has 6 heteroatoms. The van der Waals surface area contributed by atoms with Gasteiger partial charge in [-0.2, -0.15) is 10.5 Å². The summed E-state index contributed by atoms with van der Waals surface area (Å²) in [5.41, 5.74) is 15.2. The molecule has 3 heterocycles. The van der Waals surface area contributed by atoms with Crippen molar-refractivity contribution in [2.45, 2.75) is 0 Å². The Morgan fingerprint density at radius 1 is 0.333 bits per heavy atom. The first-order valence-electron chi connectivity index (χ1n) is 21.8. The predicted molar refractivity (Wildman–Crippen MR) is 267 cm³/mol. The second kappa shape index (κ2) is 15.8. The first-order valence-corrected chi connectivity index (χ1v) is 21.8. The number of nitrogens with zero attached hydrogens (tertiary/aromatic N) is 6. The molecule has 3 aromatic heterocycles. The molecule has 0 saturated carbocycles. The standard InChI is InChI=1S/C60H36N6/c61-37-39-16-14-22-43(30-39)49-32-45(54-35-53(41-18-4-1-5-19-41)63-60(64-54)42-20-6-2-7-21-42)33-50(44-23-15-17-40(31-44)38-62)59(49)66-56-29-13-11-27-48(56)52-34-51-47-26-10-12-28-55(47)65(57(51)36-58(52)66)46-24-8-3-9-25-46/h1-36H. The van der Waals surface area contributed by atoms with Crippen LogP contribution in [0.15, 0.2) is 218 Å². The maximum atomic E-state index is 10.3. The van der Waals surface area contributed by atoms with Gasteiger partial charge in [0, 0.05) is 55.0 Å². The Bertz CT molecular complexity index is 3810. The summed E-state index contributed by atoms with van der Waals surface area (Å²) < 4.78 is 4.74. The quantitative estimate of drug-likeness (QED) is 0.160. The molecule has 6 nitrogen and oxygen atoms in total. The number of hydrogen-bond donors (Lipinski definition) is 0. The van der Waals surface area contributed by atoms with E-state index in [0.29, 0.717) is 17.0 Å². The lowest BCUT2D eigenvalue weighted by Gasteiger charge is -2.21. The topological polar surface area (TPSA) is 83.2 Å². The van der Waals surface area contributed by atoms with Crippen molar-refractivity contribution < 1.29 is 0 Å². The zero-order valence-corrected chi connectivity index (χ0v) is 35.5. The van der Waals surface area contributed by atoms with Crippen molar-refractivity contribution >= 4 is 43.6 Å². The van der Waals surface area contributed by atoms with Gasteiger partial charge in [-0.25, -0.2) is 9.97 Å². The van der Waals surface area contributed by atoms with E-state index in [0.717, 1.165) is 99.9 Å². The summed E-state index contributed by atoms with van der Waals surface area (Å²) in [5.74, 6) is 0.609. The number of benzene rings is 9. The van der Waals surface area contributed by atoms with Gasteiger partial charge in [0.25, 0.3) is 0 Å². The molecule has 12 aromatic rings. The highest BCUT2D eigenvalue weighted by atomic mass is 15.0. The predicted octanol–water partition coefficient (Wildman–Crippen LogP) is 14.7. The van der Waals surface area contributed by atoms with Crippen LogP contribution in [0.25, 0.3) is 111 Å². The SMILES string of the molecule is N#Cc1cccc(-c2cc(-c3cc(-c4ccccc4)nc(-c4ccccc4)n3)cc(-c3cccc(C#N)c3)c2-n2c3ccccc3c3cc4c5ccccc5n(-c5ccccc5)c4cc32)c1. The van der Waals surface area contributed by atoms with Crippen molar-refractivity contribution in [3.05, 3.63) is 230 Å². The van der Waals surface area contributed by atoms with Crippen molar-refractivity contribution in [1.82, 2.24) is 19.1 Å². The molecule has 66 heavy (non-hydrogen) atoms. The minimum absolute atomic E-state index is 0.549. The number of rotatable bonds is 7. The molecule has 0 bridgehead atoms. The number of nitriles is 2. The third kappa shape index (κ3) is 6.41.